The van der Waals surface area contributed by atoms with Crippen LogP contribution in [-0.4, -0.2) is 29.7 Å². The van der Waals surface area contributed by atoms with Gasteiger partial charge in [-0.15, -0.1) is 0 Å². The fourth-order valence-corrected chi connectivity index (χ4v) is 3.60. The number of halogens is 2. The van der Waals surface area contributed by atoms with Crippen molar-refractivity contribution in [3.05, 3.63) is 75.3 Å². The van der Waals surface area contributed by atoms with Gasteiger partial charge in [-0.25, -0.2) is 4.39 Å². The fraction of sp³-hybridized carbons (Fsp3) is 0.174. The van der Waals surface area contributed by atoms with E-state index in [0.717, 1.165) is 6.07 Å². The number of aromatic amines is 1. The molecule has 32 heavy (non-hydrogen) atoms. The Balaban J connectivity index is 1.86. The van der Waals surface area contributed by atoms with E-state index >= 15 is 0 Å². The Morgan fingerprint density at radius 3 is 2.34 bits per heavy atom. The van der Waals surface area contributed by atoms with Crippen molar-refractivity contribution in [1.29, 1.82) is 0 Å². The Morgan fingerprint density at radius 1 is 1.03 bits per heavy atom. The number of Topliss-reactive ketones (excluding diaryl/α,β-unsaturated/α-hetero) is 1. The molecule has 0 aliphatic rings. The van der Waals surface area contributed by atoms with Gasteiger partial charge in [-0.3, -0.25) is 14.4 Å². The van der Waals surface area contributed by atoms with Gasteiger partial charge in [0.15, 0.2) is 5.78 Å². The number of hydrogen-bond acceptors (Lipinski definition) is 4. The fourth-order valence-electron chi connectivity index (χ4n) is 3.45. The molecule has 3 rings (SSSR count). The lowest BCUT2D eigenvalue weighted by Gasteiger charge is -2.13. The van der Waals surface area contributed by atoms with Crippen molar-refractivity contribution in [2.24, 2.45) is 0 Å². The van der Waals surface area contributed by atoms with Crippen LogP contribution in [0.25, 0.3) is 0 Å². The van der Waals surface area contributed by atoms with Crippen molar-refractivity contribution in [2.75, 3.05) is 17.7 Å². The van der Waals surface area contributed by atoms with E-state index in [2.05, 4.69) is 15.6 Å². The van der Waals surface area contributed by atoms with E-state index in [-0.39, 0.29) is 27.8 Å². The van der Waals surface area contributed by atoms with Gasteiger partial charge in [-0.2, -0.15) is 0 Å². The number of rotatable bonds is 6. The third-order valence-electron chi connectivity index (χ3n) is 4.90. The van der Waals surface area contributed by atoms with E-state index in [1.54, 1.807) is 26.0 Å². The standard InChI is InChI=1S/C23H21ClFN3O4/c1-11-20(13(3)29)12(2)26-21(11)23(31)27-15-6-8-19(32-4)18(10-15)28-22(30)16-7-5-14(24)9-17(16)25/h5-10,26H,1-4H3,(H,27,31)(H,28,30). The summed E-state index contributed by atoms with van der Waals surface area (Å²) >= 11 is 5.74. The molecule has 0 bridgehead atoms. The van der Waals surface area contributed by atoms with Crippen LogP contribution in [0.2, 0.25) is 5.02 Å². The lowest BCUT2D eigenvalue weighted by molar-refractivity contribution is 0.101. The lowest BCUT2D eigenvalue weighted by Crippen LogP contribution is -2.16. The summed E-state index contributed by atoms with van der Waals surface area (Å²) in [4.78, 5) is 40.1. The number of carbonyl (C=O) groups excluding carboxylic acids is 3. The molecule has 0 fully saturated rings. The maximum absolute atomic E-state index is 14.1. The minimum absolute atomic E-state index is 0.140. The van der Waals surface area contributed by atoms with Gasteiger partial charge < -0.3 is 20.4 Å². The van der Waals surface area contributed by atoms with Crippen LogP contribution in [0.3, 0.4) is 0 Å². The van der Waals surface area contributed by atoms with Crippen LogP contribution in [0, 0.1) is 19.7 Å². The van der Waals surface area contributed by atoms with Crippen molar-refractivity contribution < 1.29 is 23.5 Å². The molecular weight excluding hydrogens is 437 g/mol. The Kier molecular flexibility index (Phi) is 6.64. The van der Waals surface area contributed by atoms with Gasteiger partial charge in [0, 0.05) is 22.0 Å². The molecule has 0 radical (unpaired) electrons. The van der Waals surface area contributed by atoms with Gasteiger partial charge in [0.1, 0.15) is 17.3 Å². The van der Waals surface area contributed by atoms with E-state index in [0.29, 0.717) is 28.3 Å². The molecule has 9 heteroatoms. The lowest BCUT2D eigenvalue weighted by atomic mass is 10.1. The zero-order chi connectivity index (χ0) is 23.6. The first-order chi connectivity index (χ1) is 15.1. The molecule has 0 spiro atoms. The average molecular weight is 458 g/mol. The minimum atomic E-state index is -0.766. The number of nitrogens with one attached hydrogen (secondary N) is 3. The molecule has 2 aromatic carbocycles. The average Bonchev–Trinajstić information content (AvgIpc) is 3.02. The summed E-state index contributed by atoms with van der Waals surface area (Å²) in [5, 5.41) is 5.47. The van der Waals surface area contributed by atoms with Crippen molar-refractivity contribution in [2.45, 2.75) is 20.8 Å². The molecule has 0 atom stereocenters. The molecule has 1 aromatic heterocycles. The molecule has 2 amide bonds. The van der Waals surface area contributed by atoms with E-state index < -0.39 is 17.6 Å². The van der Waals surface area contributed by atoms with E-state index in [1.165, 1.54) is 32.2 Å². The van der Waals surface area contributed by atoms with Crippen molar-refractivity contribution in [1.82, 2.24) is 4.98 Å². The summed E-state index contributed by atoms with van der Waals surface area (Å²) in [5.74, 6) is -1.75. The van der Waals surface area contributed by atoms with Gasteiger partial charge in [0.25, 0.3) is 11.8 Å². The quantitative estimate of drug-likeness (QED) is 0.446. The number of benzene rings is 2. The second-order valence-corrected chi connectivity index (χ2v) is 7.57. The Morgan fingerprint density at radius 2 is 1.75 bits per heavy atom. The van der Waals surface area contributed by atoms with Gasteiger partial charge in [0.05, 0.1) is 18.4 Å². The van der Waals surface area contributed by atoms with Crippen LogP contribution in [0.15, 0.2) is 36.4 Å². The van der Waals surface area contributed by atoms with Gasteiger partial charge >= 0.3 is 0 Å². The third-order valence-corrected chi connectivity index (χ3v) is 5.13. The molecular formula is C23H21ClFN3O4. The van der Waals surface area contributed by atoms with E-state index in [4.69, 9.17) is 16.3 Å². The second-order valence-electron chi connectivity index (χ2n) is 7.13. The number of hydrogen-bond donors (Lipinski definition) is 3. The summed E-state index contributed by atoms with van der Waals surface area (Å²) in [5.41, 5.74) is 2.29. The first-order valence-corrected chi connectivity index (χ1v) is 9.96. The predicted molar refractivity (Wildman–Crippen MR) is 121 cm³/mol. The molecule has 0 saturated carbocycles. The Hall–Kier alpha value is -3.65. The highest BCUT2D eigenvalue weighted by Crippen LogP contribution is 2.29. The zero-order valence-corrected chi connectivity index (χ0v) is 18.6. The first-order valence-electron chi connectivity index (χ1n) is 9.58. The van der Waals surface area contributed by atoms with Crippen molar-refractivity contribution >= 4 is 40.6 Å². The highest BCUT2D eigenvalue weighted by Gasteiger charge is 2.21. The number of carbonyl (C=O) groups is 3. The van der Waals surface area contributed by atoms with Gasteiger partial charge in [-0.05, 0) is 62.7 Å². The first kappa shape index (κ1) is 23.0. The molecule has 0 aliphatic heterocycles. The Bertz CT molecular complexity index is 1240. The van der Waals surface area contributed by atoms with Crippen molar-refractivity contribution in [3.8, 4) is 5.75 Å². The zero-order valence-electron chi connectivity index (χ0n) is 17.9. The predicted octanol–water partition coefficient (Wildman–Crippen LogP) is 5.14. The molecule has 166 valence electrons. The topological polar surface area (TPSA) is 100 Å². The second kappa shape index (κ2) is 9.23. The number of amides is 2. The van der Waals surface area contributed by atoms with Crippen LogP contribution in [-0.2, 0) is 0 Å². The summed E-state index contributed by atoms with van der Waals surface area (Å²) in [6.45, 7) is 4.85. The summed E-state index contributed by atoms with van der Waals surface area (Å²) in [6.07, 6.45) is 0. The summed E-state index contributed by atoms with van der Waals surface area (Å²) in [7, 11) is 1.42. The molecule has 3 N–H and O–H groups in total. The summed E-state index contributed by atoms with van der Waals surface area (Å²) < 4.78 is 19.3. The summed E-state index contributed by atoms with van der Waals surface area (Å²) in [6, 6.07) is 8.35. The molecule has 0 aliphatic carbocycles. The Labute approximate surface area is 188 Å². The van der Waals surface area contributed by atoms with Crippen LogP contribution < -0.4 is 15.4 Å². The van der Waals surface area contributed by atoms with E-state index in [1.807, 2.05) is 0 Å². The smallest absolute Gasteiger partial charge is 0.272 e. The minimum Gasteiger partial charge on any atom is -0.495 e. The number of anilines is 2. The maximum Gasteiger partial charge on any atom is 0.272 e. The highest BCUT2D eigenvalue weighted by molar-refractivity contribution is 6.30. The van der Waals surface area contributed by atoms with Crippen molar-refractivity contribution in [3.63, 3.8) is 0 Å². The number of aromatic nitrogens is 1. The number of methoxy groups -OCH3 is 1. The molecule has 3 aromatic rings. The number of aryl methyl sites for hydroxylation is 1. The molecule has 7 nitrogen and oxygen atoms in total. The van der Waals surface area contributed by atoms with Crippen LogP contribution >= 0.6 is 11.6 Å². The number of ketones is 1. The highest BCUT2D eigenvalue weighted by atomic mass is 35.5. The molecule has 1 heterocycles. The van der Waals surface area contributed by atoms with Crippen LogP contribution in [0.4, 0.5) is 15.8 Å². The number of ether oxygens (including phenoxy) is 1. The molecule has 0 unspecified atom stereocenters. The largest absolute Gasteiger partial charge is 0.495 e. The normalized spacial score (nSPS) is 10.6. The third kappa shape index (κ3) is 4.65. The molecule has 0 saturated heterocycles. The van der Waals surface area contributed by atoms with Gasteiger partial charge in [0.2, 0.25) is 0 Å². The van der Waals surface area contributed by atoms with Crippen LogP contribution in [0.5, 0.6) is 5.75 Å². The van der Waals surface area contributed by atoms with Crippen LogP contribution in [0.1, 0.15) is 49.4 Å². The van der Waals surface area contributed by atoms with Gasteiger partial charge in [-0.1, -0.05) is 11.6 Å². The van der Waals surface area contributed by atoms with E-state index in [9.17, 15) is 18.8 Å². The SMILES string of the molecule is COc1ccc(NC(=O)c2[nH]c(C)c(C(C)=O)c2C)cc1NC(=O)c1ccc(Cl)cc1F. The number of H-pyrrole nitrogens is 1. The monoisotopic (exact) mass is 457 g/mol. The maximum atomic E-state index is 14.1.